The third kappa shape index (κ3) is 4.50. The lowest BCUT2D eigenvalue weighted by atomic mass is 9.99. The first-order valence-electron chi connectivity index (χ1n) is 5.26. The zero-order valence-electron chi connectivity index (χ0n) is 8.57. The summed E-state index contributed by atoms with van der Waals surface area (Å²) in [4.78, 5) is 0. The second kappa shape index (κ2) is 7.64. The Bertz CT molecular complexity index is 133. The molecule has 1 aliphatic rings. The Morgan fingerprint density at radius 2 is 1.64 bits per heavy atom. The van der Waals surface area contributed by atoms with Gasteiger partial charge in [-0.3, -0.25) is 0 Å². The summed E-state index contributed by atoms with van der Waals surface area (Å²) in [5.41, 5.74) is 0. The molecule has 0 aliphatic carbocycles. The van der Waals surface area contributed by atoms with Crippen LogP contribution in [0.3, 0.4) is 0 Å². The Hall–Kier alpha value is 1.40. The molecule has 0 aromatic heterocycles. The summed E-state index contributed by atoms with van der Waals surface area (Å²) in [5.74, 6) is 6.10. The van der Waals surface area contributed by atoms with Crippen molar-refractivity contribution in [1.29, 1.82) is 0 Å². The van der Waals surface area contributed by atoms with Crippen LogP contribution in [0.1, 0.15) is 25.7 Å². The van der Waals surface area contributed by atoms with Crippen LogP contribution in [0.5, 0.6) is 0 Å². The molecule has 0 saturated carbocycles. The first-order valence-corrected chi connectivity index (χ1v) is 8.67. The largest absolute Gasteiger partial charge is 0.179 e. The van der Waals surface area contributed by atoms with Gasteiger partial charge in [0.1, 0.15) is 0 Å². The van der Waals surface area contributed by atoms with E-state index in [9.17, 15) is 0 Å². The van der Waals surface area contributed by atoms with Gasteiger partial charge in [0.05, 0.1) is 0 Å². The second-order valence-electron chi connectivity index (χ2n) is 3.74. The third-order valence-electron chi connectivity index (χ3n) is 2.58. The quantitative estimate of drug-likeness (QED) is 0.706. The van der Waals surface area contributed by atoms with Crippen LogP contribution >= 0.6 is 48.8 Å². The number of thioether (sulfide) groups is 2. The molecule has 1 fully saturated rings. The van der Waals surface area contributed by atoms with E-state index in [2.05, 4.69) is 48.8 Å². The molecule has 4 heteroatoms. The fourth-order valence-corrected chi connectivity index (χ4v) is 5.35. The monoisotopic (exact) mass is 268 g/mol. The van der Waals surface area contributed by atoms with Crippen molar-refractivity contribution in [3.8, 4) is 0 Å². The van der Waals surface area contributed by atoms with Crippen LogP contribution in [-0.2, 0) is 0 Å². The summed E-state index contributed by atoms with van der Waals surface area (Å²) in [6, 6.07) is 0. The van der Waals surface area contributed by atoms with Crippen LogP contribution in [0.25, 0.3) is 0 Å². The van der Waals surface area contributed by atoms with Gasteiger partial charge in [0.15, 0.2) is 0 Å². The molecule has 0 nitrogen and oxygen atoms in total. The molecule has 1 saturated heterocycles. The summed E-state index contributed by atoms with van der Waals surface area (Å²) in [6.07, 6.45) is 5.23. The van der Waals surface area contributed by atoms with E-state index in [1.54, 1.807) is 0 Å². The Labute approximate surface area is 108 Å². The minimum absolute atomic E-state index is 0.564. The van der Waals surface area contributed by atoms with Crippen LogP contribution < -0.4 is 0 Å². The highest BCUT2D eigenvalue weighted by atomic mass is 32.2. The number of hydrogen-bond acceptors (Lipinski definition) is 4. The first-order chi connectivity index (χ1) is 6.83. The molecule has 0 unspecified atom stereocenters. The maximum absolute atomic E-state index is 4.32. The van der Waals surface area contributed by atoms with E-state index in [0.717, 1.165) is 11.5 Å². The van der Waals surface area contributed by atoms with Crippen molar-refractivity contribution in [3.63, 3.8) is 0 Å². The summed E-state index contributed by atoms with van der Waals surface area (Å²) < 4.78 is 0.564. The van der Waals surface area contributed by atoms with Crippen LogP contribution in [0.2, 0.25) is 0 Å². The van der Waals surface area contributed by atoms with Gasteiger partial charge in [0.25, 0.3) is 0 Å². The lowest BCUT2D eigenvalue weighted by Gasteiger charge is -2.36. The second-order valence-corrected chi connectivity index (χ2v) is 7.30. The van der Waals surface area contributed by atoms with Gasteiger partial charge in [-0.2, -0.15) is 48.8 Å². The summed E-state index contributed by atoms with van der Waals surface area (Å²) in [6.45, 7) is 0. The summed E-state index contributed by atoms with van der Waals surface area (Å²) >= 11 is 13.0. The van der Waals surface area contributed by atoms with Gasteiger partial charge in [-0.25, -0.2) is 0 Å². The van der Waals surface area contributed by atoms with Crippen molar-refractivity contribution in [2.75, 3.05) is 28.8 Å². The fourth-order valence-electron chi connectivity index (χ4n) is 1.83. The molecule has 0 aromatic carbocycles. The highest BCUT2D eigenvalue weighted by Gasteiger charge is 2.31. The van der Waals surface area contributed by atoms with Crippen molar-refractivity contribution in [3.05, 3.63) is 0 Å². The molecule has 0 radical (unpaired) electrons. The molecule has 1 aliphatic heterocycles. The van der Waals surface area contributed by atoms with Crippen molar-refractivity contribution in [2.24, 2.45) is 0 Å². The van der Waals surface area contributed by atoms with Crippen LogP contribution in [-0.4, -0.2) is 33.5 Å². The molecule has 84 valence electrons. The Kier molecular flexibility index (Phi) is 7.35. The van der Waals surface area contributed by atoms with E-state index in [0.29, 0.717) is 4.75 Å². The van der Waals surface area contributed by atoms with Crippen molar-refractivity contribution in [2.45, 2.75) is 30.4 Å². The van der Waals surface area contributed by atoms with Gasteiger partial charge >= 0.3 is 0 Å². The van der Waals surface area contributed by atoms with Gasteiger partial charge in [-0.05, 0) is 37.2 Å². The normalized spacial score (nSPS) is 21.0. The van der Waals surface area contributed by atoms with Gasteiger partial charge in [0, 0.05) is 22.0 Å². The molecule has 0 N–H and O–H groups in total. The molecule has 14 heavy (non-hydrogen) atoms. The SMILES string of the molecule is SCCCC1(CCCS)CSCCS1. The predicted molar refractivity (Wildman–Crippen MR) is 78.7 cm³/mol. The Morgan fingerprint density at radius 1 is 1.00 bits per heavy atom. The zero-order valence-corrected chi connectivity index (χ0v) is 12.0. The van der Waals surface area contributed by atoms with Gasteiger partial charge < -0.3 is 0 Å². The Morgan fingerprint density at radius 3 is 2.07 bits per heavy atom. The average molecular weight is 269 g/mol. The molecule has 0 amide bonds. The molecular formula is C10H20S4. The van der Waals surface area contributed by atoms with Gasteiger partial charge in [-0.1, -0.05) is 0 Å². The first kappa shape index (κ1) is 13.5. The number of rotatable bonds is 6. The van der Waals surface area contributed by atoms with E-state index < -0.39 is 0 Å². The van der Waals surface area contributed by atoms with Crippen molar-refractivity contribution < 1.29 is 0 Å². The van der Waals surface area contributed by atoms with Crippen LogP contribution in [0, 0.1) is 0 Å². The molecule has 1 rings (SSSR count). The maximum Gasteiger partial charge on any atom is 0.0251 e. The van der Waals surface area contributed by atoms with E-state index in [4.69, 9.17) is 0 Å². The van der Waals surface area contributed by atoms with Crippen molar-refractivity contribution >= 4 is 48.8 Å². The zero-order chi connectivity index (χ0) is 10.3. The lowest BCUT2D eigenvalue weighted by molar-refractivity contribution is 0.538. The fraction of sp³-hybridized carbons (Fsp3) is 1.00. The van der Waals surface area contributed by atoms with Crippen molar-refractivity contribution in [1.82, 2.24) is 0 Å². The molecule has 0 aromatic rings. The minimum Gasteiger partial charge on any atom is -0.179 e. The molecule has 0 spiro atoms. The minimum atomic E-state index is 0.564. The topological polar surface area (TPSA) is 0 Å². The Balaban J connectivity index is 2.39. The average Bonchev–Trinajstić information content (AvgIpc) is 2.25. The van der Waals surface area contributed by atoms with Gasteiger partial charge in [0.2, 0.25) is 0 Å². The number of thiol groups is 2. The summed E-state index contributed by atoms with van der Waals surface area (Å²) in [5, 5.41) is 0. The van der Waals surface area contributed by atoms with Crippen LogP contribution in [0.15, 0.2) is 0 Å². The van der Waals surface area contributed by atoms with Crippen LogP contribution in [0.4, 0.5) is 0 Å². The highest BCUT2D eigenvalue weighted by Crippen LogP contribution is 2.42. The lowest BCUT2D eigenvalue weighted by Crippen LogP contribution is -2.32. The molecular weight excluding hydrogens is 248 g/mol. The van der Waals surface area contributed by atoms with E-state index in [1.807, 2.05) is 0 Å². The third-order valence-corrected chi connectivity index (χ3v) is 6.48. The maximum atomic E-state index is 4.32. The number of hydrogen-bond donors (Lipinski definition) is 2. The molecule has 0 bridgehead atoms. The molecule has 0 atom stereocenters. The summed E-state index contributed by atoms with van der Waals surface area (Å²) in [7, 11) is 0. The standard InChI is InChI=1S/C10H20S4/c11-5-1-3-10(4-2-6-12)9-13-7-8-14-10/h11-12H,1-9H2. The van der Waals surface area contributed by atoms with E-state index in [-0.39, 0.29) is 0 Å². The van der Waals surface area contributed by atoms with Gasteiger partial charge in [-0.15, -0.1) is 0 Å². The van der Waals surface area contributed by atoms with E-state index in [1.165, 1.54) is 42.9 Å². The highest BCUT2D eigenvalue weighted by molar-refractivity contribution is 8.07. The predicted octanol–water partition coefficient (Wildman–Crippen LogP) is 3.63. The van der Waals surface area contributed by atoms with E-state index >= 15 is 0 Å². The molecule has 1 heterocycles. The smallest absolute Gasteiger partial charge is 0.0251 e.